The molecule has 0 radical (unpaired) electrons. The minimum atomic E-state index is -4.76. The number of aromatic nitrogens is 2. The van der Waals surface area contributed by atoms with Gasteiger partial charge in [0.05, 0.1) is 5.69 Å². The molecule has 1 fully saturated rings. The second-order valence-electron chi connectivity index (χ2n) is 10.9. The van der Waals surface area contributed by atoms with E-state index in [-0.39, 0.29) is 11.7 Å². The molecule has 2 N–H and O–H groups in total. The molecule has 3 aromatic carbocycles. The van der Waals surface area contributed by atoms with Gasteiger partial charge in [0.25, 0.3) is 5.91 Å². The first kappa shape index (κ1) is 30.0. The van der Waals surface area contributed by atoms with Crippen molar-refractivity contribution in [3.63, 3.8) is 0 Å². The first-order valence-electron chi connectivity index (χ1n) is 14.2. The van der Waals surface area contributed by atoms with Crippen molar-refractivity contribution in [3.8, 4) is 17.0 Å². The minimum absolute atomic E-state index is 0.202. The number of aryl methyl sites for hydroxylation is 3. The summed E-state index contributed by atoms with van der Waals surface area (Å²) in [6.45, 7) is 8.45. The molecule has 5 rings (SSSR count). The number of carbonyl (C=O) groups is 1. The number of anilines is 3. The van der Waals surface area contributed by atoms with Crippen molar-refractivity contribution in [2.75, 3.05) is 23.7 Å². The van der Waals surface area contributed by atoms with E-state index in [0.717, 1.165) is 36.4 Å². The molecule has 0 unspecified atom stereocenters. The summed E-state index contributed by atoms with van der Waals surface area (Å²) in [5, 5.41) is 6.19. The third kappa shape index (κ3) is 7.90. The summed E-state index contributed by atoms with van der Waals surface area (Å²) in [6.07, 6.45) is 0.634. The molecule has 1 aliphatic heterocycles. The van der Waals surface area contributed by atoms with E-state index in [1.165, 1.54) is 37.0 Å². The Morgan fingerprint density at radius 1 is 0.907 bits per heavy atom. The maximum Gasteiger partial charge on any atom is 0.573 e. The fourth-order valence-electron chi connectivity index (χ4n) is 5.14. The molecule has 0 aliphatic carbocycles. The van der Waals surface area contributed by atoms with Crippen molar-refractivity contribution in [1.29, 1.82) is 0 Å². The summed E-state index contributed by atoms with van der Waals surface area (Å²) in [4.78, 5) is 24.5. The van der Waals surface area contributed by atoms with E-state index in [2.05, 4.69) is 42.4 Å². The number of nitrogens with one attached hydrogen (secondary N) is 2. The fraction of sp³-hybridized carbons (Fsp3) is 0.303. The van der Waals surface area contributed by atoms with Gasteiger partial charge in [0.15, 0.2) is 0 Å². The Morgan fingerprint density at radius 2 is 1.65 bits per heavy atom. The highest BCUT2D eigenvalue weighted by molar-refractivity contribution is 6.04. The predicted octanol–water partition coefficient (Wildman–Crippen LogP) is 7.95. The van der Waals surface area contributed by atoms with Crippen molar-refractivity contribution < 1.29 is 22.7 Å². The van der Waals surface area contributed by atoms with Crippen LogP contribution in [0.4, 0.5) is 30.5 Å². The van der Waals surface area contributed by atoms with E-state index in [0.29, 0.717) is 34.0 Å². The SMILES string of the molecule is Cc1ccc(CN2CCCCC2)cc1NC(=O)c1ccc(Nc2ncc(C)c(-c3ccc(OC(F)(F)F)c(C)c3)n2)cc1. The maximum atomic E-state index is 13.1. The van der Waals surface area contributed by atoms with Crippen LogP contribution in [0.3, 0.4) is 0 Å². The van der Waals surface area contributed by atoms with Crippen molar-refractivity contribution in [1.82, 2.24) is 14.9 Å². The maximum absolute atomic E-state index is 13.1. The summed E-state index contributed by atoms with van der Waals surface area (Å²) in [5.41, 5.74) is 6.47. The topological polar surface area (TPSA) is 79.4 Å². The van der Waals surface area contributed by atoms with Crippen LogP contribution in [0.15, 0.2) is 66.9 Å². The summed E-state index contributed by atoms with van der Waals surface area (Å²) in [5.74, 6) is -0.148. The molecule has 1 amide bonds. The van der Waals surface area contributed by atoms with Crippen LogP contribution in [0.5, 0.6) is 5.75 Å². The number of hydrogen-bond donors (Lipinski definition) is 2. The van der Waals surface area contributed by atoms with Gasteiger partial charge in [-0.2, -0.15) is 0 Å². The van der Waals surface area contributed by atoms with E-state index < -0.39 is 6.36 Å². The highest BCUT2D eigenvalue weighted by atomic mass is 19.4. The lowest BCUT2D eigenvalue weighted by atomic mass is 10.0. The first-order chi connectivity index (χ1) is 20.5. The second kappa shape index (κ2) is 12.8. The van der Waals surface area contributed by atoms with Crippen LogP contribution in [-0.2, 0) is 6.54 Å². The highest BCUT2D eigenvalue weighted by Gasteiger charge is 2.31. The van der Waals surface area contributed by atoms with Crippen LogP contribution in [0.2, 0.25) is 0 Å². The average molecular weight is 590 g/mol. The monoisotopic (exact) mass is 589 g/mol. The standard InChI is InChI=1S/C33H34F3N5O2/c1-21-7-8-24(20-41-15-5-4-6-16-41)18-28(21)39-31(42)25-9-12-27(13-10-25)38-32-37-19-23(3)30(40-32)26-11-14-29(22(2)17-26)43-33(34,35)36/h7-14,17-19H,4-6,15-16,20H2,1-3H3,(H,39,42)(H,37,38,40). The number of alkyl halides is 3. The van der Waals surface area contributed by atoms with Gasteiger partial charge in [0.1, 0.15) is 5.75 Å². The van der Waals surface area contributed by atoms with Gasteiger partial charge < -0.3 is 15.4 Å². The number of amides is 1. The Balaban J connectivity index is 1.25. The zero-order valence-corrected chi connectivity index (χ0v) is 24.4. The van der Waals surface area contributed by atoms with Gasteiger partial charge in [-0.15, -0.1) is 13.2 Å². The van der Waals surface area contributed by atoms with Gasteiger partial charge >= 0.3 is 6.36 Å². The summed E-state index contributed by atoms with van der Waals surface area (Å²) < 4.78 is 42.1. The summed E-state index contributed by atoms with van der Waals surface area (Å²) in [7, 11) is 0. The zero-order chi connectivity index (χ0) is 30.6. The largest absolute Gasteiger partial charge is 0.573 e. The minimum Gasteiger partial charge on any atom is -0.406 e. The Morgan fingerprint density at radius 3 is 2.35 bits per heavy atom. The molecule has 4 aromatic rings. The van der Waals surface area contributed by atoms with Crippen molar-refractivity contribution in [3.05, 3.63) is 94.7 Å². The number of ether oxygens (including phenoxy) is 1. The number of piperidine rings is 1. The van der Waals surface area contributed by atoms with Gasteiger partial charge in [-0.25, -0.2) is 9.97 Å². The molecule has 2 heterocycles. The van der Waals surface area contributed by atoms with Crippen LogP contribution >= 0.6 is 0 Å². The van der Waals surface area contributed by atoms with Crippen LogP contribution in [0, 0.1) is 20.8 Å². The van der Waals surface area contributed by atoms with E-state index in [9.17, 15) is 18.0 Å². The molecule has 0 bridgehead atoms. The summed E-state index contributed by atoms with van der Waals surface area (Å²) in [6, 6.07) is 17.6. The molecule has 224 valence electrons. The van der Waals surface area contributed by atoms with Gasteiger partial charge in [0.2, 0.25) is 5.95 Å². The third-order valence-corrected chi connectivity index (χ3v) is 7.45. The third-order valence-electron chi connectivity index (χ3n) is 7.45. The van der Waals surface area contributed by atoms with Crippen LogP contribution in [0.25, 0.3) is 11.3 Å². The Hall–Kier alpha value is -4.44. The zero-order valence-electron chi connectivity index (χ0n) is 24.4. The molecule has 7 nitrogen and oxygen atoms in total. The van der Waals surface area contributed by atoms with E-state index in [1.54, 1.807) is 43.5 Å². The molecule has 0 spiro atoms. The molecule has 0 atom stereocenters. The lowest BCUT2D eigenvalue weighted by Crippen LogP contribution is -2.29. The number of carbonyl (C=O) groups excluding carboxylic acids is 1. The molecule has 10 heteroatoms. The molecular formula is C33H34F3N5O2. The summed E-state index contributed by atoms with van der Waals surface area (Å²) >= 11 is 0. The van der Waals surface area contributed by atoms with E-state index in [1.807, 2.05) is 19.9 Å². The van der Waals surface area contributed by atoms with Crippen molar-refractivity contribution >= 4 is 23.2 Å². The normalized spacial score (nSPS) is 13.9. The van der Waals surface area contributed by atoms with Crippen molar-refractivity contribution in [2.24, 2.45) is 0 Å². The Labute approximate surface area is 249 Å². The quantitative estimate of drug-likeness (QED) is 0.217. The van der Waals surface area contributed by atoms with Gasteiger partial charge in [-0.05, 0) is 117 Å². The van der Waals surface area contributed by atoms with Crippen LogP contribution < -0.4 is 15.4 Å². The number of benzene rings is 3. The smallest absolute Gasteiger partial charge is 0.406 e. The van der Waals surface area contributed by atoms with Crippen LogP contribution in [-0.4, -0.2) is 40.2 Å². The fourth-order valence-corrected chi connectivity index (χ4v) is 5.14. The second-order valence-corrected chi connectivity index (χ2v) is 10.9. The average Bonchev–Trinajstić information content (AvgIpc) is 2.97. The molecule has 0 saturated carbocycles. The lowest BCUT2D eigenvalue weighted by molar-refractivity contribution is -0.274. The molecule has 1 aliphatic rings. The lowest BCUT2D eigenvalue weighted by Gasteiger charge is -2.26. The first-order valence-corrected chi connectivity index (χ1v) is 14.2. The van der Waals surface area contributed by atoms with Gasteiger partial charge in [-0.3, -0.25) is 9.69 Å². The number of halogens is 3. The number of rotatable bonds is 8. The predicted molar refractivity (Wildman–Crippen MR) is 162 cm³/mol. The Kier molecular flexibility index (Phi) is 8.96. The van der Waals surface area contributed by atoms with E-state index in [4.69, 9.17) is 0 Å². The molecule has 1 aromatic heterocycles. The highest BCUT2D eigenvalue weighted by Crippen LogP contribution is 2.31. The van der Waals surface area contributed by atoms with Gasteiger partial charge in [-0.1, -0.05) is 18.6 Å². The molecule has 43 heavy (non-hydrogen) atoms. The number of hydrogen-bond acceptors (Lipinski definition) is 6. The molecule has 1 saturated heterocycles. The van der Waals surface area contributed by atoms with Crippen molar-refractivity contribution in [2.45, 2.75) is 52.9 Å². The number of likely N-dealkylation sites (tertiary alicyclic amines) is 1. The van der Waals surface area contributed by atoms with Crippen LogP contribution in [0.1, 0.15) is 51.9 Å². The molecular weight excluding hydrogens is 555 g/mol. The van der Waals surface area contributed by atoms with E-state index >= 15 is 0 Å². The number of nitrogens with zero attached hydrogens (tertiary/aromatic N) is 3. The van der Waals surface area contributed by atoms with Gasteiger partial charge in [0, 0.05) is 35.2 Å². The Bertz CT molecular complexity index is 1600.